The van der Waals surface area contributed by atoms with Crippen molar-refractivity contribution in [2.75, 3.05) is 10.0 Å². The Morgan fingerprint density at radius 1 is 0.968 bits per heavy atom. The van der Waals surface area contributed by atoms with Crippen molar-refractivity contribution in [1.82, 2.24) is 0 Å². The summed E-state index contributed by atoms with van der Waals surface area (Å²) in [6, 6.07) is 18.8. The highest BCUT2D eigenvalue weighted by molar-refractivity contribution is 7.92. The lowest BCUT2D eigenvalue weighted by molar-refractivity contribution is 0.102. The third-order valence-corrected chi connectivity index (χ3v) is 6.65. The first-order valence-corrected chi connectivity index (χ1v) is 11.9. The van der Waals surface area contributed by atoms with Crippen LogP contribution in [0.25, 0.3) is 0 Å². The minimum Gasteiger partial charge on any atom is -0.322 e. The fraction of sp³-hybridized carbons (Fsp3) is 0.208. The van der Waals surface area contributed by atoms with Crippen molar-refractivity contribution in [1.29, 1.82) is 0 Å². The second kappa shape index (κ2) is 9.98. The fourth-order valence-corrected chi connectivity index (χ4v) is 4.68. The number of sulfonamides is 1. The number of halogens is 1. The average Bonchev–Trinajstić information content (AvgIpc) is 2.73. The van der Waals surface area contributed by atoms with Crippen LogP contribution >= 0.6 is 11.6 Å². The van der Waals surface area contributed by atoms with Gasteiger partial charge in [0.05, 0.1) is 5.02 Å². The maximum Gasteiger partial charge on any atom is 0.263 e. The summed E-state index contributed by atoms with van der Waals surface area (Å²) in [5.74, 6) is -0.412. The number of amides is 1. The highest BCUT2D eigenvalue weighted by atomic mass is 35.5. The topological polar surface area (TPSA) is 75.3 Å². The number of hydrogen-bond acceptors (Lipinski definition) is 3. The summed E-state index contributed by atoms with van der Waals surface area (Å²) >= 11 is 6.15. The zero-order valence-corrected chi connectivity index (χ0v) is 19.1. The number of aryl methyl sites for hydroxylation is 2. The van der Waals surface area contributed by atoms with Crippen molar-refractivity contribution in [2.24, 2.45) is 0 Å². The Balaban J connectivity index is 1.79. The lowest BCUT2D eigenvalue weighted by atomic mass is 10.1. The Labute approximate surface area is 188 Å². The minimum atomic E-state index is -3.97. The van der Waals surface area contributed by atoms with Gasteiger partial charge in [0.25, 0.3) is 15.9 Å². The van der Waals surface area contributed by atoms with Crippen LogP contribution in [0.1, 0.15) is 41.3 Å². The van der Waals surface area contributed by atoms with Crippen LogP contribution in [-0.4, -0.2) is 14.3 Å². The zero-order chi connectivity index (χ0) is 22.4. The number of nitrogens with one attached hydrogen (secondary N) is 2. The van der Waals surface area contributed by atoms with Crippen LogP contribution in [-0.2, 0) is 16.4 Å². The van der Waals surface area contributed by atoms with E-state index in [-0.39, 0.29) is 15.5 Å². The van der Waals surface area contributed by atoms with Crippen LogP contribution in [0.2, 0.25) is 5.02 Å². The van der Waals surface area contributed by atoms with Crippen LogP contribution in [0.15, 0.2) is 71.6 Å². The monoisotopic (exact) mass is 456 g/mol. The van der Waals surface area contributed by atoms with Gasteiger partial charge >= 0.3 is 0 Å². The largest absolute Gasteiger partial charge is 0.322 e. The molecule has 2 N–H and O–H groups in total. The molecule has 0 spiro atoms. The molecule has 0 aliphatic rings. The predicted molar refractivity (Wildman–Crippen MR) is 126 cm³/mol. The molecule has 0 heterocycles. The smallest absolute Gasteiger partial charge is 0.263 e. The van der Waals surface area contributed by atoms with Crippen LogP contribution in [0.3, 0.4) is 0 Å². The van der Waals surface area contributed by atoms with Crippen molar-refractivity contribution in [3.05, 3.63) is 88.4 Å². The SMILES string of the molecule is CCCCc1ccc(NC(=O)c2ccc(Cl)c(S(=O)(=O)Nc3cccc(C)c3)c2)cc1. The number of hydrogen-bond donors (Lipinski definition) is 2. The van der Waals surface area contributed by atoms with Gasteiger partial charge in [-0.1, -0.05) is 49.2 Å². The molecule has 3 aromatic rings. The quantitative estimate of drug-likeness (QED) is 0.433. The number of carbonyl (C=O) groups excluding carboxylic acids is 1. The first-order chi connectivity index (χ1) is 14.8. The average molecular weight is 457 g/mol. The van der Waals surface area contributed by atoms with Crippen LogP contribution in [0.5, 0.6) is 0 Å². The first kappa shape index (κ1) is 22.8. The van der Waals surface area contributed by atoms with E-state index in [9.17, 15) is 13.2 Å². The van der Waals surface area contributed by atoms with E-state index in [1.165, 1.54) is 23.8 Å². The molecule has 0 saturated heterocycles. The van der Waals surface area contributed by atoms with E-state index in [2.05, 4.69) is 17.0 Å². The van der Waals surface area contributed by atoms with Gasteiger partial charge in [-0.2, -0.15) is 0 Å². The Bertz CT molecular complexity index is 1180. The molecule has 3 rings (SSSR count). The second-order valence-electron chi connectivity index (χ2n) is 7.37. The third-order valence-electron chi connectivity index (χ3n) is 4.78. The first-order valence-electron chi connectivity index (χ1n) is 10.1. The summed E-state index contributed by atoms with van der Waals surface area (Å²) < 4.78 is 28.2. The molecule has 0 radical (unpaired) electrons. The van der Waals surface area contributed by atoms with Gasteiger partial charge in [-0.25, -0.2) is 8.42 Å². The van der Waals surface area contributed by atoms with Gasteiger partial charge in [0.2, 0.25) is 0 Å². The van der Waals surface area contributed by atoms with Crippen LogP contribution < -0.4 is 10.0 Å². The summed E-state index contributed by atoms with van der Waals surface area (Å²) in [5.41, 5.74) is 3.39. The van der Waals surface area contributed by atoms with E-state index >= 15 is 0 Å². The number of benzene rings is 3. The maximum atomic E-state index is 12.9. The summed E-state index contributed by atoms with van der Waals surface area (Å²) in [4.78, 5) is 12.5. The third kappa shape index (κ3) is 6.09. The number of unbranched alkanes of at least 4 members (excludes halogenated alkanes) is 1. The van der Waals surface area contributed by atoms with E-state index in [0.717, 1.165) is 24.8 Å². The molecule has 3 aromatic carbocycles. The molecular formula is C24H25ClN2O3S. The zero-order valence-electron chi connectivity index (χ0n) is 17.5. The van der Waals surface area contributed by atoms with E-state index < -0.39 is 15.9 Å². The molecule has 0 unspecified atom stereocenters. The Morgan fingerprint density at radius 3 is 2.39 bits per heavy atom. The van der Waals surface area contributed by atoms with Gasteiger partial charge in [-0.15, -0.1) is 0 Å². The van der Waals surface area contributed by atoms with E-state index in [1.807, 2.05) is 37.3 Å². The number of rotatable bonds is 8. The molecular weight excluding hydrogens is 432 g/mol. The normalized spacial score (nSPS) is 11.2. The van der Waals surface area contributed by atoms with E-state index in [1.54, 1.807) is 18.2 Å². The molecule has 0 fully saturated rings. The Morgan fingerprint density at radius 2 is 1.71 bits per heavy atom. The molecule has 31 heavy (non-hydrogen) atoms. The minimum absolute atomic E-state index is 0.0389. The van der Waals surface area contributed by atoms with Crippen LogP contribution in [0.4, 0.5) is 11.4 Å². The maximum absolute atomic E-state index is 12.9. The van der Waals surface area contributed by atoms with Crippen LogP contribution in [0, 0.1) is 6.92 Å². The Kier molecular flexibility index (Phi) is 7.36. The number of anilines is 2. The van der Waals surface area contributed by atoms with Gasteiger partial charge in [0.1, 0.15) is 4.90 Å². The molecule has 0 aliphatic carbocycles. The summed E-state index contributed by atoms with van der Waals surface area (Å²) in [6.45, 7) is 4.01. The predicted octanol–water partition coefficient (Wildman–Crippen LogP) is 6.04. The van der Waals surface area contributed by atoms with Gasteiger partial charge in [-0.05, 0) is 73.4 Å². The Hall–Kier alpha value is -2.83. The molecule has 0 aromatic heterocycles. The van der Waals surface area contributed by atoms with Crippen molar-refractivity contribution in [3.8, 4) is 0 Å². The fourth-order valence-electron chi connectivity index (χ4n) is 3.11. The van der Waals surface area contributed by atoms with E-state index in [0.29, 0.717) is 11.4 Å². The molecule has 1 amide bonds. The summed E-state index contributed by atoms with van der Waals surface area (Å²) in [7, 11) is -3.97. The molecule has 5 nitrogen and oxygen atoms in total. The highest BCUT2D eigenvalue weighted by Gasteiger charge is 2.20. The van der Waals surface area contributed by atoms with Gasteiger partial charge in [0, 0.05) is 16.9 Å². The van der Waals surface area contributed by atoms with Crippen molar-refractivity contribution >= 4 is 38.9 Å². The molecule has 0 bridgehead atoms. The van der Waals surface area contributed by atoms with Gasteiger partial charge in [0.15, 0.2) is 0 Å². The van der Waals surface area contributed by atoms with Crippen molar-refractivity contribution in [2.45, 2.75) is 38.0 Å². The van der Waals surface area contributed by atoms with Crippen molar-refractivity contribution in [3.63, 3.8) is 0 Å². The van der Waals surface area contributed by atoms with Crippen molar-refractivity contribution < 1.29 is 13.2 Å². The molecule has 7 heteroatoms. The molecule has 162 valence electrons. The standard InChI is InChI=1S/C24H25ClN2O3S/c1-3-4-7-18-9-12-20(13-10-18)26-24(28)19-11-14-22(25)23(16-19)31(29,30)27-21-8-5-6-17(2)15-21/h5-6,8-16,27H,3-4,7H2,1-2H3,(H,26,28). The molecule has 0 saturated carbocycles. The number of carbonyl (C=O) groups is 1. The van der Waals surface area contributed by atoms with E-state index in [4.69, 9.17) is 11.6 Å². The summed E-state index contributed by atoms with van der Waals surface area (Å²) in [6.07, 6.45) is 3.24. The van der Waals surface area contributed by atoms with Gasteiger partial charge in [-0.3, -0.25) is 9.52 Å². The molecule has 0 atom stereocenters. The lowest BCUT2D eigenvalue weighted by Crippen LogP contribution is -2.16. The second-order valence-corrected chi connectivity index (χ2v) is 9.43. The molecule has 0 aliphatic heterocycles. The summed E-state index contributed by atoms with van der Waals surface area (Å²) in [5, 5.41) is 2.84. The lowest BCUT2D eigenvalue weighted by Gasteiger charge is -2.12. The van der Waals surface area contributed by atoms with Gasteiger partial charge < -0.3 is 5.32 Å². The highest BCUT2D eigenvalue weighted by Crippen LogP contribution is 2.26.